The second kappa shape index (κ2) is 6.06. The van der Waals surface area contributed by atoms with Gasteiger partial charge in [-0.1, -0.05) is 6.07 Å². The molecule has 5 nitrogen and oxygen atoms in total. The molecule has 0 radical (unpaired) electrons. The van der Waals surface area contributed by atoms with Gasteiger partial charge in [0.2, 0.25) is 0 Å². The van der Waals surface area contributed by atoms with Crippen LogP contribution in [0.2, 0.25) is 0 Å². The Morgan fingerprint density at radius 1 is 1.26 bits per heavy atom. The van der Waals surface area contributed by atoms with E-state index in [2.05, 4.69) is 0 Å². The summed E-state index contributed by atoms with van der Waals surface area (Å²) in [6, 6.07) is 5.16. The summed E-state index contributed by atoms with van der Waals surface area (Å²) in [7, 11) is 1.52. The molecule has 0 saturated heterocycles. The van der Waals surface area contributed by atoms with Crippen molar-refractivity contribution in [3.8, 4) is 11.5 Å². The molecular weight excluding hydrogens is 268 g/mol. The highest BCUT2D eigenvalue weighted by Crippen LogP contribution is 2.29. The van der Waals surface area contributed by atoms with E-state index in [0.29, 0.717) is 11.5 Å². The Hall–Kier alpha value is -1.56. The largest absolute Gasteiger partial charge is 0.493 e. The fourth-order valence-corrected chi connectivity index (χ4v) is 2.44. The lowest BCUT2D eigenvalue weighted by Gasteiger charge is -2.18. The molecule has 0 saturated carbocycles. The number of benzene rings is 1. The molecule has 0 aromatic heterocycles. The molecule has 0 heterocycles. The van der Waals surface area contributed by atoms with E-state index < -0.39 is 21.5 Å². The summed E-state index contributed by atoms with van der Waals surface area (Å²) in [5.74, 6) is 0.186. The maximum absolute atomic E-state index is 12.1. The quantitative estimate of drug-likeness (QED) is 0.863. The molecule has 0 aliphatic rings. The molecule has 0 bridgehead atoms. The molecule has 1 N–H and O–H groups in total. The molecule has 1 aromatic rings. The summed E-state index contributed by atoms with van der Waals surface area (Å²) in [5, 5.41) is 9.03. The van der Waals surface area contributed by atoms with Gasteiger partial charge in [-0.25, -0.2) is 0 Å². The van der Waals surface area contributed by atoms with Crippen LogP contribution in [0.15, 0.2) is 18.2 Å². The Morgan fingerprint density at radius 3 is 2.32 bits per heavy atom. The van der Waals surface area contributed by atoms with Gasteiger partial charge in [0.1, 0.15) is 4.75 Å². The summed E-state index contributed by atoms with van der Waals surface area (Å²) in [6.07, 6.45) is 0. The van der Waals surface area contributed by atoms with Gasteiger partial charge < -0.3 is 14.6 Å². The SMILES string of the molecule is COc1ccc(CS(=O)C(C)(C)C(=O)O)cc1OC. The molecule has 0 spiro atoms. The van der Waals surface area contributed by atoms with Crippen molar-refractivity contribution in [3.63, 3.8) is 0 Å². The van der Waals surface area contributed by atoms with Crippen LogP contribution >= 0.6 is 0 Å². The van der Waals surface area contributed by atoms with Crippen LogP contribution in [0.25, 0.3) is 0 Å². The number of hydrogen-bond acceptors (Lipinski definition) is 4. The second-order valence-electron chi connectivity index (χ2n) is 4.49. The van der Waals surface area contributed by atoms with Crippen LogP contribution in [0.1, 0.15) is 19.4 Å². The predicted octanol–water partition coefficient (Wildman–Crippen LogP) is 1.82. The number of ether oxygens (including phenoxy) is 2. The second-order valence-corrected chi connectivity index (χ2v) is 6.49. The minimum absolute atomic E-state index is 0.152. The van der Waals surface area contributed by atoms with Gasteiger partial charge in [-0.3, -0.25) is 9.00 Å². The van der Waals surface area contributed by atoms with Gasteiger partial charge in [-0.05, 0) is 31.5 Å². The van der Waals surface area contributed by atoms with Crippen LogP contribution in [0.3, 0.4) is 0 Å². The molecule has 0 aliphatic carbocycles. The van der Waals surface area contributed by atoms with E-state index in [0.717, 1.165) is 5.56 Å². The molecular formula is C13H18O5S. The van der Waals surface area contributed by atoms with Crippen LogP contribution in [0.5, 0.6) is 11.5 Å². The summed E-state index contributed by atoms with van der Waals surface area (Å²) >= 11 is 0. The molecule has 0 aliphatic heterocycles. The van der Waals surface area contributed by atoms with E-state index in [1.54, 1.807) is 18.2 Å². The Kier molecular flexibility index (Phi) is 4.94. The minimum atomic E-state index is -1.53. The van der Waals surface area contributed by atoms with Crippen molar-refractivity contribution in [1.29, 1.82) is 0 Å². The number of carboxylic acid groups (broad SMARTS) is 1. The fourth-order valence-electron chi connectivity index (χ4n) is 1.40. The van der Waals surface area contributed by atoms with Gasteiger partial charge in [0.25, 0.3) is 0 Å². The van der Waals surface area contributed by atoms with Crippen molar-refractivity contribution >= 4 is 16.8 Å². The molecule has 19 heavy (non-hydrogen) atoms. The van der Waals surface area contributed by atoms with E-state index in [9.17, 15) is 9.00 Å². The van der Waals surface area contributed by atoms with Crippen LogP contribution < -0.4 is 9.47 Å². The zero-order chi connectivity index (χ0) is 14.6. The van der Waals surface area contributed by atoms with Crippen LogP contribution in [-0.2, 0) is 21.3 Å². The van der Waals surface area contributed by atoms with Crippen molar-refractivity contribution in [2.75, 3.05) is 14.2 Å². The number of methoxy groups -OCH3 is 2. The van der Waals surface area contributed by atoms with Gasteiger partial charge in [-0.15, -0.1) is 0 Å². The Bertz CT molecular complexity index is 496. The first-order valence-electron chi connectivity index (χ1n) is 5.65. The Labute approximate surface area is 115 Å². The summed E-state index contributed by atoms with van der Waals surface area (Å²) in [5.41, 5.74) is 0.741. The van der Waals surface area contributed by atoms with E-state index in [1.807, 2.05) is 0 Å². The first kappa shape index (κ1) is 15.5. The van der Waals surface area contributed by atoms with Crippen LogP contribution in [0, 0.1) is 0 Å². The number of hydrogen-bond donors (Lipinski definition) is 1. The molecule has 6 heteroatoms. The maximum Gasteiger partial charge on any atom is 0.321 e. The number of carboxylic acids is 1. The molecule has 0 fully saturated rings. The smallest absolute Gasteiger partial charge is 0.321 e. The highest BCUT2D eigenvalue weighted by Gasteiger charge is 2.34. The summed E-state index contributed by atoms with van der Waals surface area (Å²) in [4.78, 5) is 11.0. The van der Waals surface area contributed by atoms with E-state index in [4.69, 9.17) is 14.6 Å². The molecule has 0 amide bonds. The van der Waals surface area contributed by atoms with Gasteiger partial charge in [0.05, 0.1) is 14.2 Å². The normalized spacial score (nSPS) is 12.8. The predicted molar refractivity (Wildman–Crippen MR) is 73.1 cm³/mol. The van der Waals surface area contributed by atoms with E-state index in [-0.39, 0.29) is 5.75 Å². The summed E-state index contributed by atoms with van der Waals surface area (Å²) in [6.45, 7) is 2.90. The average molecular weight is 286 g/mol. The maximum atomic E-state index is 12.1. The highest BCUT2D eigenvalue weighted by molar-refractivity contribution is 7.86. The van der Waals surface area contributed by atoms with Crippen LogP contribution in [0.4, 0.5) is 0 Å². The zero-order valence-electron chi connectivity index (χ0n) is 11.4. The van der Waals surface area contributed by atoms with Crippen molar-refractivity contribution in [3.05, 3.63) is 23.8 Å². The minimum Gasteiger partial charge on any atom is -0.493 e. The molecule has 1 rings (SSSR count). The Morgan fingerprint density at radius 2 is 1.84 bits per heavy atom. The average Bonchev–Trinajstić information content (AvgIpc) is 2.38. The van der Waals surface area contributed by atoms with E-state index in [1.165, 1.54) is 28.1 Å². The lowest BCUT2D eigenvalue weighted by Crippen LogP contribution is -2.37. The third-order valence-electron chi connectivity index (χ3n) is 2.83. The van der Waals surface area contributed by atoms with Crippen molar-refractivity contribution in [1.82, 2.24) is 0 Å². The molecule has 1 aromatic carbocycles. The number of aliphatic carboxylic acids is 1. The van der Waals surface area contributed by atoms with Crippen LogP contribution in [-0.4, -0.2) is 34.3 Å². The third kappa shape index (κ3) is 3.47. The summed E-state index contributed by atoms with van der Waals surface area (Å²) < 4.78 is 21.1. The molecule has 106 valence electrons. The monoisotopic (exact) mass is 286 g/mol. The van der Waals surface area contributed by atoms with E-state index >= 15 is 0 Å². The number of rotatable bonds is 6. The van der Waals surface area contributed by atoms with Gasteiger partial charge >= 0.3 is 5.97 Å². The topological polar surface area (TPSA) is 72.8 Å². The lowest BCUT2D eigenvalue weighted by atomic mass is 10.2. The first-order valence-corrected chi connectivity index (χ1v) is 6.97. The zero-order valence-corrected chi connectivity index (χ0v) is 12.2. The molecule has 1 unspecified atom stereocenters. The fraction of sp³-hybridized carbons (Fsp3) is 0.462. The van der Waals surface area contributed by atoms with Crippen molar-refractivity contribution < 1.29 is 23.6 Å². The molecule has 1 atom stereocenters. The standard InChI is InChI=1S/C13H18O5S/c1-13(2,12(14)15)19(16)8-9-5-6-10(17-3)11(7-9)18-4/h5-7H,8H2,1-4H3,(H,14,15). The van der Waals surface area contributed by atoms with Gasteiger partial charge in [-0.2, -0.15) is 0 Å². The highest BCUT2D eigenvalue weighted by atomic mass is 32.2. The number of carbonyl (C=O) groups is 1. The van der Waals surface area contributed by atoms with Gasteiger partial charge in [0, 0.05) is 16.6 Å². The van der Waals surface area contributed by atoms with Gasteiger partial charge in [0.15, 0.2) is 11.5 Å². The van der Waals surface area contributed by atoms with Crippen molar-refractivity contribution in [2.24, 2.45) is 0 Å². The first-order chi connectivity index (χ1) is 8.82. The Balaban J connectivity index is 2.95. The third-order valence-corrected chi connectivity index (χ3v) is 4.74. The van der Waals surface area contributed by atoms with Crippen molar-refractivity contribution in [2.45, 2.75) is 24.3 Å². The lowest BCUT2D eigenvalue weighted by molar-refractivity contribution is -0.139.